The summed E-state index contributed by atoms with van der Waals surface area (Å²) in [6.45, 7) is 6.12. The lowest BCUT2D eigenvalue weighted by Gasteiger charge is -2.30. The number of hydrogen-bond acceptors (Lipinski definition) is 3. The van der Waals surface area contributed by atoms with E-state index in [4.69, 9.17) is 4.74 Å². The molecule has 2 unspecified atom stereocenters. The van der Waals surface area contributed by atoms with E-state index in [9.17, 15) is 9.90 Å². The molecule has 0 saturated carbocycles. The van der Waals surface area contributed by atoms with Crippen LogP contribution in [0.4, 0.5) is 0 Å². The van der Waals surface area contributed by atoms with E-state index in [-0.39, 0.29) is 0 Å². The zero-order valence-electron chi connectivity index (χ0n) is 12.6. The minimum absolute atomic E-state index is 0.343. The average Bonchev–Trinajstić information content (AvgIpc) is 2.47. The van der Waals surface area contributed by atoms with Gasteiger partial charge in [0.25, 0.3) is 0 Å². The van der Waals surface area contributed by atoms with Gasteiger partial charge in [0.1, 0.15) is 0 Å². The van der Waals surface area contributed by atoms with Crippen molar-refractivity contribution in [3.8, 4) is 0 Å². The van der Waals surface area contributed by atoms with E-state index >= 15 is 0 Å². The highest BCUT2D eigenvalue weighted by molar-refractivity contribution is 5.76. The van der Waals surface area contributed by atoms with Gasteiger partial charge < -0.3 is 9.84 Å². The number of aliphatic carboxylic acids is 1. The average molecular weight is 279 g/mol. The van der Waals surface area contributed by atoms with E-state index < -0.39 is 11.9 Å². The Morgan fingerprint density at radius 3 is 2.50 bits per heavy atom. The number of carboxylic acids is 1. The molecule has 0 saturated heterocycles. The Bertz CT molecular complexity index is 394. The van der Waals surface area contributed by atoms with Crippen molar-refractivity contribution >= 4 is 5.97 Å². The van der Waals surface area contributed by atoms with Crippen LogP contribution in [0.5, 0.6) is 0 Å². The number of hydrogen-bond donors (Lipinski definition) is 1. The van der Waals surface area contributed by atoms with Crippen molar-refractivity contribution in [3.63, 3.8) is 0 Å². The standard InChI is InChI=1S/C16H25NO3/c1-4-13(2)17(10-11-20-3)12-15(16(18)19)14-8-6-5-7-9-14/h5-9,13,15H,4,10-12H2,1-3H3,(H,18,19). The molecule has 0 aliphatic rings. The SMILES string of the molecule is CCC(C)N(CCOC)CC(C(=O)O)c1ccccc1. The van der Waals surface area contributed by atoms with Gasteiger partial charge in [-0.05, 0) is 18.9 Å². The molecule has 0 aliphatic carbocycles. The third-order valence-corrected chi connectivity index (χ3v) is 3.71. The van der Waals surface area contributed by atoms with Crippen LogP contribution in [0, 0.1) is 0 Å². The topological polar surface area (TPSA) is 49.8 Å². The lowest BCUT2D eigenvalue weighted by atomic mass is 9.98. The van der Waals surface area contributed by atoms with Crippen molar-refractivity contribution in [2.45, 2.75) is 32.2 Å². The molecule has 0 bridgehead atoms. The van der Waals surface area contributed by atoms with Gasteiger partial charge in [0, 0.05) is 26.2 Å². The van der Waals surface area contributed by atoms with Crippen molar-refractivity contribution in [2.75, 3.05) is 26.8 Å². The van der Waals surface area contributed by atoms with Crippen LogP contribution in [0.1, 0.15) is 31.7 Å². The largest absolute Gasteiger partial charge is 0.481 e. The third kappa shape index (κ3) is 4.94. The normalized spacial score (nSPS) is 14.2. The summed E-state index contributed by atoms with van der Waals surface area (Å²) >= 11 is 0. The van der Waals surface area contributed by atoms with Gasteiger partial charge in [-0.15, -0.1) is 0 Å². The highest BCUT2D eigenvalue weighted by Gasteiger charge is 2.24. The van der Waals surface area contributed by atoms with Crippen LogP contribution in [0.25, 0.3) is 0 Å². The quantitative estimate of drug-likeness (QED) is 0.755. The maximum absolute atomic E-state index is 11.6. The van der Waals surface area contributed by atoms with Crippen molar-refractivity contribution in [3.05, 3.63) is 35.9 Å². The number of carboxylic acid groups (broad SMARTS) is 1. The number of methoxy groups -OCH3 is 1. The van der Waals surface area contributed by atoms with Gasteiger partial charge in [0.15, 0.2) is 0 Å². The number of rotatable bonds is 9. The Labute approximate surface area is 121 Å². The van der Waals surface area contributed by atoms with Crippen LogP contribution in [0.15, 0.2) is 30.3 Å². The van der Waals surface area contributed by atoms with E-state index in [1.54, 1.807) is 7.11 Å². The van der Waals surface area contributed by atoms with E-state index in [0.29, 0.717) is 19.2 Å². The summed E-state index contributed by atoms with van der Waals surface area (Å²) in [4.78, 5) is 13.8. The second kappa shape index (κ2) is 8.72. The fraction of sp³-hybridized carbons (Fsp3) is 0.562. The van der Waals surface area contributed by atoms with Crippen LogP contribution < -0.4 is 0 Å². The maximum Gasteiger partial charge on any atom is 0.312 e. The number of nitrogens with zero attached hydrogens (tertiary/aromatic N) is 1. The molecule has 0 heterocycles. The first-order chi connectivity index (χ1) is 9.60. The van der Waals surface area contributed by atoms with Gasteiger partial charge in [0.05, 0.1) is 12.5 Å². The smallest absolute Gasteiger partial charge is 0.312 e. The predicted octanol–water partition coefficient (Wildman–Crippen LogP) is 2.60. The molecule has 4 heteroatoms. The van der Waals surface area contributed by atoms with E-state index in [1.165, 1.54) is 0 Å². The summed E-state index contributed by atoms with van der Waals surface area (Å²) in [5, 5.41) is 9.50. The number of carbonyl (C=O) groups is 1. The number of benzene rings is 1. The molecule has 112 valence electrons. The van der Waals surface area contributed by atoms with Gasteiger partial charge in [-0.25, -0.2) is 0 Å². The predicted molar refractivity (Wildman–Crippen MR) is 80.0 cm³/mol. The highest BCUT2D eigenvalue weighted by Crippen LogP contribution is 2.19. The summed E-state index contributed by atoms with van der Waals surface area (Å²) in [6.07, 6.45) is 0.991. The summed E-state index contributed by atoms with van der Waals surface area (Å²) in [7, 11) is 1.67. The number of ether oxygens (including phenoxy) is 1. The Morgan fingerprint density at radius 2 is 2.00 bits per heavy atom. The Balaban J connectivity index is 2.83. The van der Waals surface area contributed by atoms with E-state index in [2.05, 4.69) is 18.7 Å². The van der Waals surface area contributed by atoms with Gasteiger partial charge in [-0.2, -0.15) is 0 Å². The van der Waals surface area contributed by atoms with Crippen LogP contribution in [-0.2, 0) is 9.53 Å². The Morgan fingerprint density at radius 1 is 1.35 bits per heavy atom. The van der Waals surface area contributed by atoms with Crippen LogP contribution in [-0.4, -0.2) is 48.8 Å². The molecule has 1 aromatic carbocycles. The maximum atomic E-state index is 11.6. The highest BCUT2D eigenvalue weighted by atomic mass is 16.5. The van der Waals surface area contributed by atoms with E-state index in [1.807, 2.05) is 30.3 Å². The molecule has 2 atom stereocenters. The molecule has 0 aliphatic heterocycles. The third-order valence-electron chi connectivity index (χ3n) is 3.71. The second-order valence-electron chi connectivity index (χ2n) is 5.05. The van der Waals surface area contributed by atoms with Crippen molar-refractivity contribution < 1.29 is 14.6 Å². The monoisotopic (exact) mass is 279 g/mol. The minimum atomic E-state index is -0.776. The molecular weight excluding hydrogens is 254 g/mol. The molecule has 20 heavy (non-hydrogen) atoms. The fourth-order valence-electron chi connectivity index (χ4n) is 2.20. The lowest BCUT2D eigenvalue weighted by molar-refractivity contribution is -0.139. The van der Waals surface area contributed by atoms with Gasteiger partial charge in [0.2, 0.25) is 0 Å². The molecule has 1 rings (SSSR count). The van der Waals surface area contributed by atoms with Crippen LogP contribution in [0.3, 0.4) is 0 Å². The Kier molecular flexibility index (Phi) is 7.26. The molecule has 0 aromatic heterocycles. The van der Waals surface area contributed by atoms with Crippen LogP contribution in [0.2, 0.25) is 0 Å². The fourth-order valence-corrected chi connectivity index (χ4v) is 2.20. The molecule has 0 radical (unpaired) electrons. The summed E-state index contributed by atoms with van der Waals surface area (Å²) < 4.78 is 5.13. The molecule has 1 aromatic rings. The lowest BCUT2D eigenvalue weighted by Crippen LogP contribution is -2.40. The van der Waals surface area contributed by atoms with E-state index in [0.717, 1.165) is 18.5 Å². The first-order valence-electron chi connectivity index (χ1n) is 7.10. The zero-order valence-corrected chi connectivity index (χ0v) is 12.6. The molecular formula is C16H25NO3. The molecule has 1 N–H and O–H groups in total. The van der Waals surface area contributed by atoms with Crippen LogP contribution >= 0.6 is 0 Å². The van der Waals surface area contributed by atoms with Crippen molar-refractivity contribution in [1.29, 1.82) is 0 Å². The van der Waals surface area contributed by atoms with Gasteiger partial charge >= 0.3 is 5.97 Å². The van der Waals surface area contributed by atoms with Gasteiger partial charge in [-0.3, -0.25) is 9.69 Å². The summed E-state index contributed by atoms with van der Waals surface area (Å²) in [5.74, 6) is -1.27. The first-order valence-corrected chi connectivity index (χ1v) is 7.10. The minimum Gasteiger partial charge on any atom is -0.481 e. The zero-order chi connectivity index (χ0) is 15.0. The summed E-state index contributed by atoms with van der Waals surface area (Å²) in [5.41, 5.74) is 0.853. The van der Waals surface area contributed by atoms with Crippen molar-refractivity contribution in [1.82, 2.24) is 4.90 Å². The summed E-state index contributed by atoms with van der Waals surface area (Å²) in [6, 6.07) is 9.77. The molecule has 0 amide bonds. The van der Waals surface area contributed by atoms with Crippen molar-refractivity contribution in [2.24, 2.45) is 0 Å². The van der Waals surface area contributed by atoms with Gasteiger partial charge in [-0.1, -0.05) is 37.3 Å². The molecule has 0 spiro atoms. The molecule has 0 fully saturated rings. The molecule has 4 nitrogen and oxygen atoms in total. The first kappa shape index (κ1) is 16.7. The second-order valence-corrected chi connectivity index (χ2v) is 5.05. The Hall–Kier alpha value is -1.39.